The summed E-state index contributed by atoms with van der Waals surface area (Å²) < 4.78 is 0. The van der Waals surface area contributed by atoms with Crippen LogP contribution in [0.4, 0.5) is 0 Å². The van der Waals surface area contributed by atoms with Gasteiger partial charge in [-0.3, -0.25) is 4.90 Å². The Morgan fingerprint density at radius 2 is 2.00 bits per heavy atom. The van der Waals surface area contributed by atoms with Gasteiger partial charge in [0.15, 0.2) is 0 Å². The van der Waals surface area contributed by atoms with E-state index in [0.717, 1.165) is 18.1 Å². The van der Waals surface area contributed by atoms with Crippen LogP contribution in [0.15, 0.2) is 41.9 Å². The number of thiazole rings is 1. The Bertz CT molecular complexity index is 416. The van der Waals surface area contributed by atoms with Gasteiger partial charge < -0.3 is 5.11 Å². The molecule has 0 unspecified atom stereocenters. The number of rotatable bonds is 6. The lowest BCUT2D eigenvalue weighted by Gasteiger charge is -2.20. The van der Waals surface area contributed by atoms with Gasteiger partial charge in [0.2, 0.25) is 0 Å². The Morgan fingerprint density at radius 3 is 2.65 bits per heavy atom. The second kappa shape index (κ2) is 6.49. The van der Waals surface area contributed by atoms with Crippen molar-refractivity contribution in [1.82, 2.24) is 9.88 Å². The van der Waals surface area contributed by atoms with Gasteiger partial charge in [-0.1, -0.05) is 30.3 Å². The molecule has 0 radical (unpaired) electrons. The van der Waals surface area contributed by atoms with Gasteiger partial charge >= 0.3 is 0 Å². The number of nitrogens with zero attached hydrogens (tertiary/aromatic N) is 2. The fourth-order valence-corrected chi connectivity index (χ4v) is 2.38. The van der Waals surface area contributed by atoms with Gasteiger partial charge in [0, 0.05) is 24.7 Å². The largest absolute Gasteiger partial charge is 0.395 e. The molecule has 0 aliphatic rings. The van der Waals surface area contributed by atoms with Crippen LogP contribution in [-0.2, 0) is 13.1 Å². The maximum atomic E-state index is 9.08. The molecular formula is C13H16N2OS. The number of aliphatic hydroxyl groups is 1. The summed E-state index contributed by atoms with van der Waals surface area (Å²) in [6, 6.07) is 10.3. The Balaban J connectivity index is 1.97. The van der Waals surface area contributed by atoms with Crippen LogP contribution in [-0.4, -0.2) is 28.1 Å². The fraction of sp³-hybridized carbons (Fsp3) is 0.308. The third kappa shape index (κ3) is 3.93. The van der Waals surface area contributed by atoms with E-state index in [-0.39, 0.29) is 6.61 Å². The van der Waals surface area contributed by atoms with E-state index in [4.69, 9.17) is 5.11 Å². The Hall–Kier alpha value is -1.23. The highest BCUT2D eigenvalue weighted by atomic mass is 32.1. The van der Waals surface area contributed by atoms with E-state index in [1.807, 2.05) is 29.8 Å². The highest BCUT2D eigenvalue weighted by Crippen LogP contribution is 2.11. The van der Waals surface area contributed by atoms with Crippen molar-refractivity contribution in [2.75, 3.05) is 13.2 Å². The van der Waals surface area contributed by atoms with Crippen molar-refractivity contribution < 1.29 is 5.11 Å². The van der Waals surface area contributed by atoms with Crippen molar-refractivity contribution in [3.8, 4) is 0 Å². The lowest BCUT2D eigenvalue weighted by molar-refractivity contribution is 0.184. The minimum absolute atomic E-state index is 0.179. The SMILES string of the molecule is OCCN(Cc1ccccc1)Cc1nccs1. The van der Waals surface area contributed by atoms with Gasteiger partial charge in [-0.15, -0.1) is 11.3 Å². The maximum Gasteiger partial charge on any atom is 0.107 e. The van der Waals surface area contributed by atoms with Crippen LogP contribution in [0.2, 0.25) is 0 Å². The molecular weight excluding hydrogens is 232 g/mol. The zero-order valence-electron chi connectivity index (χ0n) is 9.62. The van der Waals surface area contributed by atoms with Crippen molar-refractivity contribution in [1.29, 1.82) is 0 Å². The van der Waals surface area contributed by atoms with E-state index >= 15 is 0 Å². The van der Waals surface area contributed by atoms with Crippen molar-refractivity contribution >= 4 is 11.3 Å². The molecule has 2 aromatic rings. The normalized spacial score (nSPS) is 10.9. The van der Waals surface area contributed by atoms with Crippen LogP contribution in [0.25, 0.3) is 0 Å². The average molecular weight is 248 g/mol. The van der Waals surface area contributed by atoms with Crippen LogP contribution in [0.5, 0.6) is 0 Å². The Labute approximate surface area is 105 Å². The molecule has 0 spiro atoms. The summed E-state index contributed by atoms with van der Waals surface area (Å²) in [6.45, 7) is 2.50. The van der Waals surface area contributed by atoms with E-state index in [9.17, 15) is 0 Å². The summed E-state index contributed by atoms with van der Waals surface area (Å²) >= 11 is 1.65. The Morgan fingerprint density at radius 1 is 1.18 bits per heavy atom. The molecule has 17 heavy (non-hydrogen) atoms. The molecule has 1 aromatic carbocycles. The predicted molar refractivity (Wildman–Crippen MR) is 69.8 cm³/mol. The lowest BCUT2D eigenvalue weighted by Crippen LogP contribution is -2.25. The summed E-state index contributed by atoms with van der Waals surface area (Å²) in [4.78, 5) is 6.48. The molecule has 4 heteroatoms. The van der Waals surface area contributed by atoms with Gasteiger partial charge in [-0.2, -0.15) is 0 Å². The van der Waals surface area contributed by atoms with Crippen LogP contribution in [0.1, 0.15) is 10.6 Å². The first-order valence-corrected chi connectivity index (χ1v) is 6.52. The van der Waals surface area contributed by atoms with Crippen LogP contribution in [0.3, 0.4) is 0 Å². The number of hydrogen-bond donors (Lipinski definition) is 1. The highest BCUT2D eigenvalue weighted by molar-refractivity contribution is 7.09. The van der Waals surface area contributed by atoms with Gasteiger partial charge in [-0.25, -0.2) is 4.98 Å². The van der Waals surface area contributed by atoms with E-state index in [0.29, 0.717) is 6.54 Å². The molecule has 1 heterocycles. The van der Waals surface area contributed by atoms with Gasteiger partial charge in [-0.05, 0) is 5.56 Å². The molecule has 0 amide bonds. The zero-order chi connectivity index (χ0) is 11.9. The topological polar surface area (TPSA) is 36.4 Å². The monoisotopic (exact) mass is 248 g/mol. The Kier molecular flexibility index (Phi) is 4.67. The summed E-state index contributed by atoms with van der Waals surface area (Å²) in [7, 11) is 0. The first-order valence-electron chi connectivity index (χ1n) is 5.64. The lowest BCUT2D eigenvalue weighted by atomic mass is 10.2. The minimum Gasteiger partial charge on any atom is -0.395 e. The predicted octanol–water partition coefficient (Wildman–Crippen LogP) is 2.14. The smallest absolute Gasteiger partial charge is 0.107 e. The van der Waals surface area contributed by atoms with Crippen LogP contribution < -0.4 is 0 Å². The molecule has 2 rings (SSSR count). The molecule has 90 valence electrons. The zero-order valence-corrected chi connectivity index (χ0v) is 10.4. The van der Waals surface area contributed by atoms with Gasteiger partial charge in [0.05, 0.1) is 13.2 Å². The molecule has 0 aliphatic carbocycles. The van der Waals surface area contributed by atoms with Crippen molar-refractivity contribution in [2.45, 2.75) is 13.1 Å². The molecule has 3 nitrogen and oxygen atoms in total. The third-order valence-corrected chi connectivity index (χ3v) is 3.27. The molecule has 1 aromatic heterocycles. The van der Waals surface area contributed by atoms with E-state index < -0.39 is 0 Å². The summed E-state index contributed by atoms with van der Waals surface area (Å²) in [5.74, 6) is 0. The van der Waals surface area contributed by atoms with Crippen LogP contribution >= 0.6 is 11.3 Å². The number of benzene rings is 1. The molecule has 0 saturated carbocycles. The fourth-order valence-electron chi connectivity index (χ4n) is 1.72. The average Bonchev–Trinajstić information content (AvgIpc) is 2.83. The molecule has 1 N–H and O–H groups in total. The molecule has 0 atom stereocenters. The van der Waals surface area contributed by atoms with E-state index in [2.05, 4.69) is 22.0 Å². The summed E-state index contributed by atoms with van der Waals surface area (Å²) in [5, 5.41) is 12.2. The first kappa shape index (κ1) is 12.2. The molecule has 0 bridgehead atoms. The quantitative estimate of drug-likeness (QED) is 0.851. The third-order valence-electron chi connectivity index (χ3n) is 2.51. The van der Waals surface area contributed by atoms with Crippen molar-refractivity contribution in [3.63, 3.8) is 0 Å². The number of aliphatic hydroxyl groups excluding tert-OH is 1. The molecule has 0 fully saturated rings. The second-order valence-corrected chi connectivity index (χ2v) is 4.82. The van der Waals surface area contributed by atoms with E-state index in [1.54, 1.807) is 11.3 Å². The first-order chi connectivity index (χ1) is 8.38. The molecule has 0 saturated heterocycles. The van der Waals surface area contributed by atoms with Crippen molar-refractivity contribution in [3.05, 3.63) is 52.5 Å². The van der Waals surface area contributed by atoms with Gasteiger partial charge in [0.1, 0.15) is 5.01 Å². The molecule has 0 aliphatic heterocycles. The number of hydrogen-bond acceptors (Lipinski definition) is 4. The second-order valence-electron chi connectivity index (χ2n) is 3.85. The maximum absolute atomic E-state index is 9.08. The van der Waals surface area contributed by atoms with E-state index in [1.165, 1.54) is 5.56 Å². The van der Waals surface area contributed by atoms with Crippen LogP contribution in [0, 0.1) is 0 Å². The summed E-state index contributed by atoms with van der Waals surface area (Å²) in [5.41, 5.74) is 1.26. The summed E-state index contributed by atoms with van der Waals surface area (Å²) in [6.07, 6.45) is 1.82. The minimum atomic E-state index is 0.179. The van der Waals surface area contributed by atoms with Crippen molar-refractivity contribution in [2.24, 2.45) is 0 Å². The standard InChI is InChI=1S/C13H16N2OS/c16-8-7-15(11-13-14-6-9-17-13)10-12-4-2-1-3-5-12/h1-6,9,16H,7-8,10-11H2. The highest BCUT2D eigenvalue weighted by Gasteiger charge is 2.07. The number of aromatic nitrogens is 1. The van der Waals surface area contributed by atoms with Gasteiger partial charge in [0.25, 0.3) is 0 Å².